The van der Waals surface area contributed by atoms with E-state index in [2.05, 4.69) is 22.4 Å². The maximum absolute atomic E-state index is 13.4. The van der Waals surface area contributed by atoms with Gasteiger partial charge in [-0.25, -0.2) is 13.9 Å². The average Bonchev–Trinajstić information content (AvgIpc) is 3.21. The molecule has 0 saturated carbocycles. The lowest BCUT2D eigenvalue weighted by molar-refractivity contribution is 0.204. The van der Waals surface area contributed by atoms with E-state index in [1.165, 1.54) is 12.1 Å². The molecule has 0 bridgehead atoms. The van der Waals surface area contributed by atoms with Crippen LogP contribution in [0.2, 0.25) is 0 Å². The van der Waals surface area contributed by atoms with E-state index in [0.717, 1.165) is 31.6 Å². The first kappa shape index (κ1) is 18.4. The molecular weight excluding hydrogens is 333 g/mol. The molecule has 1 aliphatic heterocycles. The van der Waals surface area contributed by atoms with Crippen LogP contribution in [0.25, 0.3) is 0 Å². The van der Waals surface area contributed by atoms with Gasteiger partial charge in [-0.2, -0.15) is 5.10 Å². The second-order valence-corrected chi connectivity index (χ2v) is 6.89. The van der Waals surface area contributed by atoms with Gasteiger partial charge in [0.05, 0.1) is 12.7 Å². The molecule has 1 saturated heterocycles. The Morgan fingerprint density at radius 2 is 2.27 bits per heavy atom. The van der Waals surface area contributed by atoms with Crippen LogP contribution in [0.4, 0.5) is 15.0 Å². The van der Waals surface area contributed by atoms with Crippen molar-refractivity contribution in [3.05, 3.63) is 47.9 Å². The third-order valence-electron chi connectivity index (χ3n) is 4.81. The number of hydrogen-bond acceptors (Lipinski definition) is 3. The molecule has 7 heteroatoms. The fourth-order valence-corrected chi connectivity index (χ4v) is 3.40. The minimum Gasteiger partial charge on any atom is -0.324 e. The summed E-state index contributed by atoms with van der Waals surface area (Å²) in [4.78, 5) is 16.8. The highest BCUT2D eigenvalue weighted by Gasteiger charge is 2.24. The summed E-state index contributed by atoms with van der Waals surface area (Å²) in [6.45, 7) is 5.92. The molecule has 1 aliphatic rings. The predicted molar refractivity (Wildman–Crippen MR) is 99.6 cm³/mol. The van der Waals surface area contributed by atoms with Gasteiger partial charge in [0, 0.05) is 25.7 Å². The number of amides is 2. The van der Waals surface area contributed by atoms with Crippen LogP contribution in [0.1, 0.15) is 18.9 Å². The zero-order valence-electron chi connectivity index (χ0n) is 15.4. The number of nitrogens with one attached hydrogen (secondary N) is 1. The van der Waals surface area contributed by atoms with Crippen LogP contribution in [-0.2, 0) is 6.54 Å². The standard InChI is InChI=1S/C19H26FN5O/c1-3-24(13-16-8-10-23(2)12-16)19(26)22-18-7-9-21-25(18)14-15-5-4-6-17(20)11-15/h4-7,9,11,16H,3,8,10,12-14H2,1-2H3,(H,22,26)/t16-/m1/s1. The number of likely N-dealkylation sites (tertiary alicyclic amines) is 1. The predicted octanol–water partition coefficient (Wildman–Crippen LogP) is 2.88. The topological polar surface area (TPSA) is 53.4 Å². The second kappa shape index (κ2) is 8.31. The number of carbonyl (C=O) groups excluding carboxylic acids is 1. The molecule has 6 nitrogen and oxygen atoms in total. The van der Waals surface area contributed by atoms with E-state index in [-0.39, 0.29) is 11.8 Å². The molecule has 2 heterocycles. The van der Waals surface area contributed by atoms with Crippen molar-refractivity contribution in [2.24, 2.45) is 5.92 Å². The Bertz CT molecular complexity index is 747. The number of aromatic nitrogens is 2. The van der Waals surface area contributed by atoms with E-state index in [9.17, 15) is 9.18 Å². The number of urea groups is 1. The lowest BCUT2D eigenvalue weighted by Crippen LogP contribution is -2.39. The molecule has 1 atom stereocenters. The largest absolute Gasteiger partial charge is 0.324 e. The van der Waals surface area contributed by atoms with E-state index < -0.39 is 0 Å². The summed E-state index contributed by atoms with van der Waals surface area (Å²) in [7, 11) is 2.11. The molecule has 0 aliphatic carbocycles. The maximum atomic E-state index is 13.4. The molecule has 0 spiro atoms. The fourth-order valence-electron chi connectivity index (χ4n) is 3.40. The van der Waals surface area contributed by atoms with E-state index in [1.54, 1.807) is 23.0 Å². The molecule has 3 rings (SSSR count). The Hall–Kier alpha value is -2.41. The summed E-state index contributed by atoms with van der Waals surface area (Å²) in [6.07, 6.45) is 2.76. The Labute approximate surface area is 153 Å². The summed E-state index contributed by atoms with van der Waals surface area (Å²) in [5.41, 5.74) is 0.797. The van der Waals surface area contributed by atoms with Crippen molar-refractivity contribution in [3.8, 4) is 0 Å². The fraction of sp³-hybridized carbons (Fsp3) is 0.474. The van der Waals surface area contributed by atoms with Gasteiger partial charge in [-0.05, 0) is 50.6 Å². The normalized spacial score (nSPS) is 17.4. The molecule has 0 radical (unpaired) electrons. The first-order chi connectivity index (χ1) is 12.5. The smallest absolute Gasteiger partial charge is 0.323 e. The molecule has 1 fully saturated rings. The Morgan fingerprint density at radius 3 is 2.96 bits per heavy atom. The van der Waals surface area contributed by atoms with Crippen LogP contribution in [0.3, 0.4) is 0 Å². The van der Waals surface area contributed by atoms with Gasteiger partial charge in [0.1, 0.15) is 11.6 Å². The van der Waals surface area contributed by atoms with Crippen molar-refractivity contribution in [2.45, 2.75) is 19.9 Å². The van der Waals surface area contributed by atoms with Crippen LogP contribution in [0.5, 0.6) is 0 Å². The molecule has 0 unspecified atom stereocenters. The Kier molecular flexibility index (Phi) is 5.88. The number of anilines is 1. The zero-order chi connectivity index (χ0) is 18.5. The van der Waals surface area contributed by atoms with Crippen molar-refractivity contribution in [2.75, 3.05) is 38.5 Å². The van der Waals surface area contributed by atoms with Crippen molar-refractivity contribution in [1.82, 2.24) is 19.6 Å². The highest BCUT2D eigenvalue weighted by molar-refractivity contribution is 5.88. The van der Waals surface area contributed by atoms with E-state index in [0.29, 0.717) is 24.8 Å². The van der Waals surface area contributed by atoms with Gasteiger partial charge in [0.2, 0.25) is 0 Å². The summed E-state index contributed by atoms with van der Waals surface area (Å²) in [6, 6.07) is 8.03. The summed E-state index contributed by atoms with van der Waals surface area (Å²) in [5.74, 6) is 0.850. The van der Waals surface area contributed by atoms with Gasteiger partial charge >= 0.3 is 6.03 Å². The van der Waals surface area contributed by atoms with Gasteiger partial charge in [-0.15, -0.1) is 0 Å². The third kappa shape index (κ3) is 4.60. The van der Waals surface area contributed by atoms with Crippen LogP contribution in [0, 0.1) is 11.7 Å². The summed E-state index contributed by atoms with van der Waals surface area (Å²) >= 11 is 0. The number of carbonyl (C=O) groups is 1. The van der Waals surface area contributed by atoms with Gasteiger partial charge < -0.3 is 9.80 Å². The number of benzene rings is 1. The van der Waals surface area contributed by atoms with Crippen molar-refractivity contribution in [3.63, 3.8) is 0 Å². The van der Waals surface area contributed by atoms with E-state index in [4.69, 9.17) is 0 Å². The van der Waals surface area contributed by atoms with Crippen molar-refractivity contribution >= 4 is 11.8 Å². The first-order valence-electron chi connectivity index (χ1n) is 9.06. The third-order valence-corrected chi connectivity index (χ3v) is 4.81. The van der Waals surface area contributed by atoms with Crippen LogP contribution < -0.4 is 5.32 Å². The minimum absolute atomic E-state index is 0.122. The highest BCUT2D eigenvalue weighted by atomic mass is 19.1. The Morgan fingerprint density at radius 1 is 1.42 bits per heavy atom. The van der Waals surface area contributed by atoms with Gasteiger partial charge in [-0.1, -0.05) is 12.1 Å². The Balaban J connectivity index is 1.62. The maximum Gasteiger partial charge on any atom is 0.323 e. The molecule has 140 valence electrons. The number of rotatable bonds is 6. The SMILES string of the molecule is CCN(C[C@@H]1CCN(C)C1)C(=O)Nc1ccnn1Cc1cccc(F)c1. The zero-order valence-corrected chi connectivity index (χ0v) is 15.4. The molecule has 1 aromatic carbocycles. The van der Waals surface area contributed by atoms with E-state index >= 15 is 0 Å². The molecular formula is C19H26FN5O. The molecule has 1 N–H and O–H groups in total. The van der Waals surface area contributed by atoms with Crippen molar-refractivity contribution in [1.29, 1.82) is 0 Å². The summed E-state index contributed by atoms with van der Waals surface area (Å²) < 4.78 is 15.0. The van der Waals surface area contributed by atoms with Crippen LogP contribution >= 0.6 is 0 Å². The molecule has 2 amide bonds. The first-order valence-corrected chi connectivity index (χ1v) is 9.06. The quantitative estimate of drug-likeness (QED) is 0.863. The lowest BCUT2D eigenvalue weighted by Gasteiger charge is -2.24. The van der Waals surface area contributed by atoms with Gasteiger partial charge in [-0.3, -0.25) is 5.32 Å². The van der Waals surface area contributed by atoms with Crippen LogP contribution in [-0.4, -0.2) is 58.8 Å². The summed E-state index contributed by atoms with van der Waals surface area (Å²) in [5, 5.41) is 7.19. The van der Waals surface area contributed by atoms with Crippen LogP contribution in [0.15, 0.2) is 36.5 Å². The highest BCUT2D eigenvalue weighted by Crippen LogP contribution is 2.17. The number of halogens is 1. The minimum atomic E-state index is -0.279. The van der Waals surface area contributed by atoms with E-state index in [1.807, 2.05) is 17.9 Å². The molecule has 26 heavy (non-hydrogen) atoms. The van der Waals surface area contributed by atoms with Crippen molar-refractivity contribution < 1.29 is 9.18 Å². The lowest BCUT2D eigenvalue weighted by atomic mass is 10.1. The molecule has 2 aromatic rings. The number of hydrogen-bond donors (Lipinski definition) is 1. The second-order valence-electron chi connectivity index (χ2n) is 6.89. The number of nitrogens with zero attached hydrogens (tertiary/aromatic N) is 4. The monoisotopic (exact) mass is 359 g/mol. The average molecular weight is 359 g/mol. The van der Waals surface area contributed by atoms with Gasteiger partial charge in [0.15, 0.2) is 0 Å². The van der Waals surface area contributed by atoms with Gasteiger partial charge in [0.25, 0.3) is 0 Å². The molecule has 1 aromatic heterocycles.